The van der Waals surface area contributed by atoms with Gasteiger partial charge in [0.25, 0.3) is 0 Å². The molecule has 5 nitrogen and oxygen atoms in total. The zero-order chi connectivity index (χ0) is 14.4. The molecule has 1 aliphatic heterocycles. The quantitative estimate of drug-likeness (QED) is 0.815. The maximum absolute atomic E-state index is 12.5. The Kier molecular flexibility index (Phi) is 6.48. The van der Waals surface area contributed by atoms with Crippen LogP contribution in [0.1, 0.15) is 40.0 Å². The summed E-state index contributed by atoms with van der Waals surface area (Å²) in [7, 11) is 0. The van der Waals surface area contributed by atoms with Crippen molar-refractivity contribution >= 4 is 23.8 Å². The van der Waals surface area contributed by atoms with Gasteiger partial charge in [0, 0.05) is 18.3 Å². The van der Waals surface area contributed by atoms with E-state index in [0.717, 1.165) is 19.3 Å². The van der Waals surface area contributed by atoms with Crippen molar-refractivity contribution in [3.8, 4) is 0 Å². The van der Waals surface area contributed by atoms with Crippen LogP contribution in [0.2, 0.25) is 0 Å². The number of hydrogen-bond acceptors (Lipinski definition) is 3. The fourth-order valence-corrected chi connectivity index (χ4v) is 3.19. The topological polar surface area (TPSA) is 60.9 Å². The molecule has 2 amide bonds. The van der Waals surface area contributed by atoms with Gasteiger partial charge >= 0.3 is 12.0 Å². The van der Waals surface area contributed by atoms with Crippen LogP contribution in [0.3, 0.4) is 0 Å². The van der Waals surface area contributed by atoms with E-state index in [2.05, 4.69) is 6.92 Å². The van der Waals surface area contributed by atoms with E-state index in [1.807, 2.05) is 18.7 Å². The molecule has 1 aliphatic rings. The second-order valence-electron chi connectivity index (χ2n) is 4.91. The van der Waals surface area contributed by atoms with Gasteiger partial charge in [0.1, 0.15) is 6.04 Å². The molecule has 0 aromatic heterocycles. The van der Waals surface area contributed by atoms with Crippen LogP contribution >= 0.6 is 11.8 Å². The van der Waals surface area contributed by atoms with Gasteiger partial charge in [-0.3, -0.25) is 0 Å². The Morgan fingerprint density at radius 3 is 2.68 bits per heavy atom. The number of thioether (sulfide) groups is 1. The Labute approximate surface area is 119 Å². The molecule has 0 saturated carbocycles. The van der Waals surface area contributed by atoms with Crippen molar-refractivity contribution in [1.82, 2.24) is 9.80 Å². The average molecular weight is 288 g/mol. The summed E-state index contributed by atoms with van der Waals surface area (Å²) in [6, 6.07) is -0.648. The van der Waals surface area contributed by atoms with Crippen molar-refractivity contribution in [3.05, 3.63) is 0 Å². The van der Waals surface area contributed by atoms with E-state index in [4.69, 9.17) is 5.11 Å². The molecule has 1 saturated heterocycles. The molecule has 6 heteroatoms. The molecule has 1 fully saturated rings. The van der Waals surface area contributed by atoms with Gasteiger partial charge in [0.2, 0.25) is 0 Å². The molecule has 2 unspecified atom stereocenters. The summed E-state index contributed by atoms with van der Waals surface area (Å²) < 4.78 is 0. The number of carbonyl (C=O) groups is 2. The minimum absolute atomic E-state index is 0.125. The molecule has 2 atom stereocenters. The lowest BCUT2D eigenvalue weighted by Crippen LogP contribution is -2.51. The first-order chi connectivity index (χ1) is 9.02. The van der Waals surface area contributed by atoms with Gasteiger partial charge in [-0.1, -0.05) is 20.3 Å². The van der Waals surface area contributed by atoms with Crippen molar-refractivity contribution in [2.75, 3.05) is 18.2 Å². The summed E-state index contributed by atoms with van der Waals surface area (Å²) in [6.07, 6.45) is 2.86. The zero-order valence-electron chi connectivity index (χ0n) is 12.0. The summed E-state index contributed by atoms with van der Waals surface area (Å²) in [6.45, 7) is 6.86. The van der Waals surface area contributed by atoms with Crippen molar-refractivity contribution in [1.29, 1.82) is 0 Å². The molecule has 0 aromatic carbocycles. The largest absolute Gasteiger partial charge is 0.480 e. The Morgan fingerprint density at radius 1 is 1.47 bits per heavy atom. The van der Waals surface area contributed by atoms with E-state index in [9.17, 15) is 9.59 Å². The zero-order valence-corrected chi connectivity index (χ0v) is 12.8. The summed E-state index contributed by atoms with van der Waals surface area (Å²) in [5, 5.41) is 9.16. The Balaban J connectivity index is 2.77. The van der Waals surface area contributed by atoms with E-state index in [1.54, 1.807) is 0 Å². The standard InChI is InChI=1S/C13H24N2O3S/c1-4-6-7-14(10(3)5-2)13(18)15-9-19-8-11(15)12(16)17/h10-11H,4-9H2,1-3H3,(H,16,17). The number of carboxylic acid groups (broad SMARTS) is 1. The van der Waals surface area contributed by atoms with Crippen LogP contribution in [0.5, 0.6) is 0 Å². The van der Waals surface area contributed by atoms with E-state index < -0.39 is 12.0 Å². The number of urea groups is 1. The number of carbonyl (C=O) groups excluding carboxylic acids is 1. The number of rotatable bonds is 6. The van der Waals surface area contributed by atoms with Gasteiger partial charge in [-0.05, 0) is 19.8 Å². The predicted molar refractivity (Wildman–Crippen MR) is 77.4 cm³/mol. The van der Waals surface area contributed by atoms with Gasteiger partial charge in [0.05, 0.1) is 5.88 Å². The highest BCUT2D eigenvalue weighted by atomic mass is 32.2. The average Bonchev–Trinajstić information content (AvgIpc) is 2.87. The minimum atomic E-state index is -0.905. The summed E-state index contributed by atoms with van der Waals surface area (Å²) >= 11 is 1.51. The van der Waals surface area contributed by atoms with Crippen molar-refractivity contribution < 1.29 is 14.7 Å². The molecule has 110 valence electrons. The van der Waals surface area contributed by atoms with Gasteiger partial charge in [-0.15, -0.1) is 11.8 Å². The Hall–Kier alpha value is -0.910. The molecular weight excluding hydrogens is 264 g/mol. The molecule has 0 bridgehead atoms. The normalized spacial score (nSPS) is 20.4. The van der Waals surface area contributed by atoms with Crippen LogP contribution in [0.15, 0.2) is 0 Å². The molecule has 0 aromatic rings. The molecule has 19 heavy (non-hydrogen) atoms. The fourth-order valence-electron chi connectivity index (χ4n) is 2.05. The summed E-state index contributed by atoms with van der Waals surface area (Å²) in [5.74, 6) is 0.0656. The number of amides is 2. The van der Waals surface area contributed by atoms with Crippen molar-refractivity contribution in [2.24, 2.45) is 0 Å². The lowest BCUT2D eigenvalue weighted by Gasteiger charge is -2.33. The number of hydrogen-bond donors (Lipinski definition) is 1. The third-order valence-corrected chi connectivity index (χ3v) is 4.55. The summed E-state index contributed by atoms with van der Waals surface area (Å²) in [5.41, 5.74) is 0. The molecule has 0 spiro atoms. The maximum atomic E-state index is 12.5. The van der Waals surface area contributed by atoms with Crippen LogP contribution in [-0.4, -0.2) is 57.2 Å². The van der Waals surface area contributed by atoms with Crippen molar-refractivity contribution in [2.45, 2.75) is 52.1 Å². The number of nitrogens with zero attached hydrogens (tertiary/aromatic N) is 2. The van der Waals surface area contributed by atoms with Crippen LogP contribution in [0.25, 0.3) is 0 Å². The van der Waals surface area contributed by atoms with Gasteiger partial charge < -0.3 is 14.9 Å². The minimum Gasteiger partial charge on any atom is -0.480 e. The Morgan fingerprint density at radius 2 is 2.16 bits per heavy atom. The highest BCUT2D eigenvalue weighted by Gasteiger charge is 2.37. The van der Waals surface area contributed by atoms with Gasteiger partial charge in [0.15, 0.2) is 0 Å². The molecule has 1 rings (SSSR count). The lowest BCUT2D eigenvalue weighted by atomic mass is 10.2. The van der Waals surface area contributed by atoms with E-state index in [-0.39, 0.29) is 12.1 Å². The van der Waals surface area contributed by atoms with Crippen LogP contribution in [0, 0.1) is 0 Å². The molecule has 1 N–H and O–H groups in total. The number of unbranched alkanes of at least 4 members (excludes halogenated alkanes) is 1. The number of aliphatic carboxylic acids is 1. The predicted octanol–water partition coefficient (Wildman–Crippen LogP) is 2.47. The lowest BCUT2D eigenvalue weighted by molar-refractivity contribution is -0.141. The third-order valence-electron chi connectivity index (χ3n) is 3.53. The van der Waals surface area contributed by atoms with Crippen molar-refractivity contribution in [3.63, 3.8) is 0 Å². The Bertz CT molecular complexity index is 325. The summed E-state index contributed by atoms with van der Waals surface area (Å²) in [4.78, 5) is 27.0. The first kappa shape index (κ1) is 16.1. The van der Waals surface area contributed by atoms with Crippen LogP contribution in [-0.2, 0) is 4.79 Å². The molecule has 0 radical (unpaired) electrons. The molecule has 0 aliphatic carbocycles. The first-order valence-electron chi connectivity index (χ1n) is 6.90. The van der Waals surface area contributed by atoms with E-state index in [0.29, 0.717) is 18.2 Å². The van der Waals surface area contributed by atoms with Gasteiger partial charge in [-0.25, -0.2) is 9.59 Å². The van der Waals surface area contributed by atoms with Crippen LogP contribution in [0.4, 0.5) is 4.79 Å². The van der Waals surface area contributed by atoms with Crippen LogP contribution < -0.4 is 0 Å². The van der Waals surface area contributed by atoms with Gasteiger partial charge in [-0.2, -0.15) is 0 Å². The monoisotopic (exact) mass is 288 g/mol. The SMILES string of the molecule is CCCCN(C(=O)N1CSCC1C(=O)O)C(C)CC. The second kappa shape index (κ2) is 7.62. The maximum Gasteiger partial charge on any atom is 0.327 e. The van der Waals surface area contributed by atoms with E-state index >= 15 is 0 Å². The fraction of sp³-hybridized carbons (Fsp3) is 0.846. The third kappa shape index (κ3) is 4.03. The highest BCUT2D eigenvalue weighted by molar-refractivity contribution is 7.99. The number of carboxylic acids is 1. The highest BCUT2D eigenvalue weighted by Crippen LogP contribution is 2.23. The van der Waals surface area contributed by atoms with E-state index in [1.165, 1.54) is 16.7 Å². The molecule has 1 heterocycles. The molecular formula is C13H24N2O3S. The smallest absolute Gasteiger partial charge is 0.327 e. The second-order valence-corrected chi connectivity index (χ2v) is 5.91. The first-order valence-corrected chi connectivity index (χ1v) is 8.06.